The van der Waals surface area contributed by atoms with Gasteiger partial charge in [-0.25, -0.2) is 4.79 Å². The number of carboxylic acids is 1. The maximum atomic E-state index is 11.0. The molecular formula is C8H15NO3S. The monoisotopic (exact) mass is 205 g/mol. The van der Waals surface area contributed by atoms with Crippen molar-refractivity contribution in [2.24, 2.45) is 0 Å². The van der Waals surface area contributed by atoms with Gasteiger partial charge in [0.05, 0.1) is 0 Å². The van der Waals surface area contributed by atoms with E-state index < -0.39 is 16.8 Å². The SMILES string of the molecule is CCC(=O)N[C@@H](C(=O)O)C(C)(C)S. The van der Waals surface area contributed by atoms with Crippen molar-refractivity contribution in [2.75, 3.05) is 0 Å². The van der Waals surface area contributed by atoms with Crippen LogP contribution in [0.2, 0.25) is 0 Å². The van der Waals surface area contributed by atoms with Crippen molar-refractivity contribution >= 4 is 24.5 Å². The van der Waals surface area contributed by atoms with Crippen LogP contribution in [0.1, 0.15) is 27.2 Å². The van der Waals surface area contributed by atoms with E-state index in [1.54, 1.807) is 20.8 Å². The van der Waals surface area contributed by atoms with Gasteiger partial charge in [0.1, 0.15) is 6.04 Å². The van der Waals surface area contributed by atoms with Gasteiger partial charge in [-0.2, -0.15) is 12.6 Å². The van der Waals surface area contributed by atoms with E-state index in [1.807, 2.05) is 0 Å². The number of rotatable bonds is 4. The lowest BCUT2D eigenvalue weighted by Gasteiger charge is -2.26. The summed E-state index contributed by atoms with van der Waals surface area (Å²) in [6, 6.07) is -0.955. The molecule has 0 spiro atoms. The minimum atomic E-state index is -1.07. The molecule has 0 fully saturated rings. The molecule has 5 heteroatoms. The quantitative estimate of drug-likeness (QED) is 0.591. The van der Waals surface area contributed by atoms with Crippen LogP contribution in [0.15, 0.2) is 0 Å². The smallest absolute Gasteiger partial charge is 0.327 e. The number of carbonyl (C=O) groups excluding carboxylic acids is 1. The Morgan fingerprint density at radius 2 is 2.00 bits per heavy atom. The molecule has 76 valence electrons. The molecule has 0 heterocycles. The summed E-state index contributed by atoms with van der Waals surface area (Å²) in [5, 5.41) is 11.2. The zero-order valence-electron chi connectivity index (χ0n) is 8.00. The number of amides is 1. The van der Waals surface area contributed by atoms with Gasteiger partial charge in [0.15, 0.2) is 0 Å². The van der Waals surface area contributed by atoms with Gasteiger partial charge in [-0.15, -0.1) is 0 Å². The molecule has 0 aliphatic heterocycles. The molecule has 0 aromatic carbocycles. The van der Waals surface area contributed by atoms with E-state index >= 15 is 0 Å². The standard InChI is InChI=1S/C8H15NO3S/c1-4-5(10)9-6(7(11)12)8(2,3)13/h6,13H,4H2,1-3H3,(H,9,10)(H,11,12)/t6-/m0/s1. The zero-order valence-corrected chi connectivity index (χ0v) is 8.89. The summed E-state index contributed by atoms with van der Waals surface area (Å²) < 4.78 is -0.767. The summed E-state index contributed by atoms with van der Waals surface area (Å²) in [5.74, 6) is -1.35. The minimum absolute atomic E-state index is 0.271. The Morgan fingerprint density at radius 3 is 2.23 bits per heavy atom. The summed E-state index contributed by atoms with van der Waals surface area (Å²) in [7, 11) is 0. The van der Waals surface area contributed by atoms with E-state index in [-0.39, 0.29) is 12.3 Å². The molecule has 1 atom stereocenters. The second kappa shape index (κ2) is 4.50. The number of hydrogen-bond acceptors (Lipinski definition) is 3. The van der Waals surface area contributed by atoms with Crippen LogP contribution in [0.25, 0.3) is 0 Å². The van der Waals surface area contributed by atoms with E-state index in [2.05, 4.69) is 17.9 Å². The molecule has 0 saturated heterocycles. The number of nitrogens with one attached hydrogen (secondary N) is 1. The largest absolute Gasteiger partial charge is 0.480 e. The van der Waals surface area contributed by atoms with Gasteiger partial charge < -0.3 is 10.4 Å². The zero-order chi connectivity index (χ0) is 10.6. The first-order valence-corrected chi connectivity index (χ1v) is 4.48. The van der Waals surface area contributed by atoms with Gasteiger partial charge >= 0.3 is 5.97 Å². The van der Waals surface area contributed by atoms with Gasteiger partial charge in [0, 0.05) is 11.2 Å². The second-order valence-electron chi connectivity index (χ2n) is 3.35. The predicted molar refractivity (Wildman–Crippen MR) is 52.9 cm³/mol. The maximum absolute atomic E-state index is 11.0. The number of carbonyl (C=O) groups is 2. The van der Waals surface area contributed by atoms with Gasteiger partial charge in [0.25, 0.3) is 0 Å². The van der Waals surface area contributed by atoms with Crippen LogP contribution in [0.4, 0.5) is 0 Å². The topological polar surface area (TPSA) is 66.4 Å². The molecule has 0 aliphatic rings. The van der Waals surface area contributed by atoms with E-state index in [4.69, 9.17) is 5.11 Å². The van der Waals surface area contributed by atoms with Crippen molar-refractivity contribution in [3.63, 3.8) is 0 Å². The van der Waals surface area contributed by atoms with Crippen LogP contribution >= 0.6 is 12.6 Å². The number of aliphatic carboxylic acids is 1. The summed E-state index contributed by atoms with van der Waals surface area (Å²) in [4.78, 5) is 21.7. The Labute approximate surface area is 83.1 Å². The van der Waals surface area contributed by atoms with Gasteiger partial charge in [-0.1, -0.05) is 6.92 Å². The maximum Gasteiger partial charge on any atom is 0.327 e. The molecule has 0 unspecified atom stereocenters. The molecular weight excluding hydrogens is 190 g/mol. The molecule has 0 aromatic heterocycles. The van der Waals surface area contributed by atoms with E-state index in [0.717, 1.165) is 0 Å². The minimum Gasteiger partial charge on any atom is -0.480 e. The van der Waals surface area contributed by atoms with Crippen molar-refractivity contribution in [3.05, 3.63) is 0 Å². The highest BCUT2D eigenvalue weighted by Gasteiger charge is 2.32. The Hall–Kier alpha value is -0.710. The molecule has 0 radical (unpaired) electrons. The van der Waals surface area contributed by atoms with E-state index in [0.29, 0.717) is 0 Å². The van der Waals surface area contributed by atoms with E-state index in [1.165, 1.54) is 0 Å². The lowest BCUT2D eigenvalue weighted by atomic mass is 10.0. The normalized spacial score (nSPS) is 13.5. The van der Waals surface area contributed by atoms with Crippen LogP contribution in [0, 0.1) is 0 Å². The third kappa shape index (κ3) is 4.17. The lowest BCUT2D eigenvalue weighted by molar-refractivity contribution is -0.142. The molecule has 4 nitrogen and oxygen atoms in total. The summed E-state index contributed by atoms with van der Waals surface area (Å²) in [6.07, 6.45) is 0.271. The number of carboxylic acid groups (broad SMARTS) is 1. The average Bonchev–Trinajstić information content (AvgIpc) is 1.96. The molecule has 0 aromatic rings. The Kier molecular flexibility index (Phi) is 4.26. The highest BCUT2D eigenvalue weighted by atomic mass is 32.1. The Balaban J connectivity index is 4.46. The third-order valence-corrected chi connectivity index (χ3v) is 1.84. The summed E-state index contributed by atoms with van der Waals surface area (Å²) in [5.41, 5.74) is 0. The van der Waals surface area contributed by atoms with Crippen LogP contribution in [-0.2, 0) is 9.59 Å². The number of thiol groups is 1. The molecule has 2 N–H and O–H groups in total. The molecule has 0 bridgehead atoms. The second-order valence-corrected chi connectivity index (χ2v) is 4.50. The molecule has 1 amide bonds. The summed E-state index contributed by atoms with van der Waals surface area (Å²) in [6.45, 7) is 4.95. The average molecular weight is 205 g/mol. The highest BCUT2D eigenvalue weighted by Crippen LogP contribution is 2.17. The van der Waals surface area contributed by atoms with Crippen LogP contribution < -0.4 is 5.32 Å². The molecule has 0 aliphatic carbocycles. The fourth-order valence-corrected chi connectivity index (χ4v) is 0.979. The van der Waals surface area contributed by atoms with Crippen LogP contribution in [-0.4, -0.2) is 27.8 Å². The van der Waals surface area contributed by atoms with Gasteiger partial charge in [-0.3, -0.25) is 4.79 Å². The number of hydrogen-bond donors (Lipinski definition) is 3. The van der Waals surface area contributed by atoms with E-state index in [9.17, 15) is 9.59 Å². The molecule has 0 rings (SSSR count). The van der Waals surface area contributed by atoms with Crippen molar-refractivity contribution in [1.29, 1.82) is 0 Å². The highest BCUT2D eigenvalue weighted by molar-refractivity contribution is 7.81. The molecule has 0 saturated carbocycles. The van der Waals surface area contributed by atoms with Crippen molar-refractivity contribution in [2.45, 2.75) is 38.0 Å². The van der Waals surface area contributed by atoms with Gasteiger partial charge in [0.2, 0.25) is 5.91 Å². The molecule has 13 heavy (non-hydrogen) atoms. The van der Waals surface area contributed by atoms with Crippen molar-refractivity contribution in [1.82, 2.24) is 5.32 Å². The summed E-state index contributed by atoms with van der Waals surface area (Å²) >= 11 is 4.11. The lowest BCUT2D eigenvalue weighted by Crippen LogP contribution is -2.51. The first-order chi connectivity index (χ1) is 5.79. The van der Waals surface area contributed by atoms with Crippen LogP contribution in [0.5, 0.6) is 0 Å². The Bertz CT molecular complexity index is 210. The van der Waals surface area contributed by atoms with Crippen LogP contribution in [0.3, 0.4) is 0 Å². The predicted octanol–water partition coefficient (Wildman–Crippen LogP) is 0.674. The fraction of sp³-hybridized carbons (Fsp3) is 0.750. The fourth-order valence-electron chi connectivity index (χ4n) is 0.804. The van der Waals surface area contributed by atoms with Gasteiger partial charge in [-0.05, 0) is 13.8 Å². The first kappa shape index (κ1) is 12.3. The first-order valence-electron chi connectivity index (χ1n) is 4.03. The third-order valence-electron chi connectivity index (χ3n) is 1.58. The Morgan fingerprint density at radius 1 is 1.54 bits per heavy atom. The van der Waals surface area contributed by atoms with Crippen molar-refractivity contribution in [3.8, 4) is 0 Å². The van der Waals surface area contributed by atoms with Crippen molar-refractivity contribution < 1.29 is 14.7 Å².